The number of likely N-dealkylation sites (tertiary alicyclic amines) is 1. The molecule has 0 aromatic rings. The summed E-state index contributed by atoms with van der Waals surface area (Å²) in [7, 11) is 0. The van der Waals surface area contributed by atoms with Crippen LogP contribution in [0.4, 0.5) is 0 Å². The molecule has 0 saturated carbocycles. The molecule has 0 radical (unpaired) electrons. The van der Waals surface area contributed by atoms with E-state index < -0.39 is 5.41 Å². The van der Waals surface area contributed by atoms with Crippen molar-refractivity contribution < 1.29 is 9.59 Å². The van der Waals surface area contributed by atoms with Gasteiger partial charge in [0.1, 0.15) is 0 Å². The van der Waals surface area contributed by atoms with E-state index >= 15 is 0 Å². The highest BCUT2D eigenvalue weighted by atomic mass is 35.5. The van der Waals surface area contributed by atoms with Crippen LogP contribution in [0.25, 0.3) is 0 Å². The number of piperidine rings is 1. The maximum absolute atomic E-state index is 12.5. The topological polar surface area (TPSA) is 61.4 Å². The van der Waals surface area contributed by atoms with Crippen LogP contribution in [0.1, 0.15) is 40.5 Å². The van der Waals surface area contributed by atoms with E-state index in [1.165, 1.54) is 0 Å². The third kappa shape index (κ3) is 4.58. The van der Waals surface area contributed by atoms with Gasteiger partial charge in [-0.05, 0) is 32.6 Å². The third-order valence-electron chi connectivity index (χ3n) is 4.74. The molecule has 2 N–H and O–H groups in total. The summed E-state index contributed by atoms with van der Waals surface area (Å²) in [6.45, 7) is 10.1. The number of halogens is 1. The Bertz CT molecular complexity index is 476. The fraction of sp³-hybridized carbons (Fsp3) is 0.882. The van der Waals surface area contributed by atoms with E-state index in [0.29, 0.717) is 18.3 Å². The van der Waals surface area contributed by atoms with Crippen LogP contribution in [0.2, 0.25) is 0 Å². The lowest BCUT2D eigenvalue weighted by molar-refractivity contribution is -0.140. The van der Waals surface area contributed by atoms with Gasteiger partial charge in [-0.1, -0.05) is 13.8 Å². The predicted octanol–water partition coefficient (Wildman–Crippen LogP) is 2.05. The Labute approximate surface area is 154 Å². The van der Waals surface area contributed by atoms with Crippen LogP contribution in [0.3, 0.4) is 0 Å². The van der Waals surface area contributed by atoms with E-state index in [1.54, 1.807) is 0 Å². The normalized spacial score (nSPS) is 23.8. The highest BCUT2D eigenvalue weighted by molar-refractivity contribution is 8.01. The zero-order chi connectivity index (χ0) is 18.0. The van der Waals surface area contributed by atoms with Gasteiger partial charge in [-0.25, -0.2) is 0 Å². The summed E-state index contributed by atoms with van der Waals surface area (Å²) < 4.78 is 0. The highest BCUT2D eigenvalue weighted by Crippen LogP contribution is 2.40. The molecule has 0 aromatic carbocycles. The van der Waals surface area contributed by atoms with Gasteiger partial charge in [-0.15, -0.1) is 23.4 Å². The molecule has 2 rings (SSSR count). The minimum absolute atomic E-state index is 0.0677. The summed E-state index contributed by atoms with van der Waals surface area (Å²) in [6, 6.07) is -0.129. The molecule has 1 atom stereocenters. The average Bonchev–Trinajstić information content (AvgIpc) is 2.96. The molecule has 2 aliphatic heterocycles. The van der Waals surface area contributed by atoms with Gasteiger partial charge in [-0.3, -0.25) is 14.9 Å². The number of thioether (sulfide) groups is 1. The van der Waals surface area contributed by atoms with Crippen molar-refractivity contribution in [3.8, 4) is 0 Å². The maximum atomic E-state index is 12.5. The zero-order valence-corrected chi connectivity index (χ0v) is 16.7. The lowest BCUT2D eigenvalue weighted by Crippen LogP contribution is -2.56. The van der Waals surface area contributed by atoms with Crippen molar-refractivity contribution in [2.45, 2.75) is 51.4 Å². The van der Waals surface area contributed by atoms with Crippen molar-refractivity contribution in [2.75, 3.05) is 31.3 Å². The van der Waals surface area contributed by atoms with Gasteiger partial charge in [0.25, 0.3) is 0 Å². The largest absolute Gasteiger partial charge is 0.354 e. The molecule has 0 bridgehead atoms. The molecule has 24 heavy (non-hydrogen) atoms. The van der Waals surface area contributed by atoms with Crippen LogP contribution >= 0.6 is 23.4 Å². The standard InChI is InChI=1S/C17H30ClN3O2S/c1-12(2)9-19-14(22)13-10-24-17(20-13)5-7-21(8-6-17)15(23)16(3,4)11-18/h12-13,20H,5-11H2,1-4H3,(H,19,22). The summed E-state index contributed by atoms with van der Waals surface area (Å²) >= 11 is 7.75. The molecule has 2 fully saturated rings. The molecule has 2 heterocycles. The Morgan fingerprint density at radius 3 is 2.54 bits per heavy atom. The number of alkyl halides is 1. The summed E-state index contributed by atoms with van der Waals surface area (Å²) in [5, 5.41) is 6.54. The van der Waals surface area contributed by atoms with Crippen LogP contribution in [0.15, 0.2) is 0 Å². The van der Waals surface area contributed by atoms with Gasteiger partial charge in [0, 0.05) is 31.3 Å². The zero-order valence-electron chi connectivity index (χ0n) is 15.2. The maximum Gasteiger partial charge on any atom is 0.238 e. The van der Waals surface area contributed by atoms with Gasteiger partial charge in [0.2, 0.25) is 11.8 Å². The van der Waals surface area contributed by atoms with Crippen molar-refractivity contribution >= 4 is 35.2 Å². The second-order valence-electron chi connectivity index (χ2n) is 7.95. The number of nitrogens with zero attached hydrogens (tertiary/aromatic N) is 1. The number of hydrogen-bond acceptors (Lipinski definition) is 4. The summed E-state index contributed by atoms with van der Waals surface area (Å²) in [5.41, 5.74) is -0.512. The van der Waals surface area contributed by atoms with Crippen molar-refractivity contribution in [3.05, 3.63) is 0 Å². The summed E-state index contributed by atoms with van der Waals surface area (Å²) in [4.78, 5) is 26.6. The Morgan fingerprint density at radius 1 is 1.38 bits per heavy atom. The average molecular weight is 376 g/mol. The Balaban J connectivity index is 1.86. The quantitative estimate of drug-likeness (QED) is 0.722. The van der Waals surface area contributed by atoms with Gasteiger partial charge in [-0.2, -0.15) is 0 Å². The number of nitrogens with one attached hydrogen (secondary N) is 2. The Morgan fingerprint density at radius 2 is 2.00 bits per heavy atom. The summed E-state index contributed by atoms with van der Waals surface area (Å²) in [5.74, 6) is 1.80. The first-order valence-corrected chi connectivity index (χ1v) is 10.3. The molecular weight excluding hydrogens is 346 g/mol. The van der Waals surface area contributed by atoms with Crippen molar-refractivity contribution in [2.24, 2.45) is 11.3 Å². The number of rotatable bonds is 5. The van der Waals surface area contributed by atoms with Crippen LogP contribution in [0, 0.1) is 11.3 Å². The molecule has 0 aliphatic carbocycles. The van der Waals surface area contributed by atoms with Crippen LogP contribution in [0.5, 0.6) is 0 Å². The molecule has 2 saturated heterocycles. The minimum atomic E-state index is -0.512. The van der Waals surface area contributed by atoms with E-state index in [9.17, 15) is 9.59 Å². The molecule has 1 unspecified atom stereocenters. The van der Waals surface area contributed by atoms with Gasteiger partial charge < -0.3 is 10.2 Å². The minimum Gasteiger partial charge on any atom is -0.354 e. The number of carbonyl (C=O) groups excluding carboxylic acids is 2. The van der Waals surface area contributed by atoms with E-state index in [2.05, 4.69) is 24.5 Å². The van der Waals surface area contributed by atoms with Crippen LogP contribution in [-0.2, 0) is 9.59 Å². The fourth-order valence-corrected chi connectivity index (χ4v) is 4.59. The summed E-state index contributed by atoms with van der Waals surface area (Å²) in [6.07, 6.45) is 1.74. The van der Waals surface area contributed by atoms with E-state index in [-0.39, 0.29) is 22.7 Å². The molecule has 2 amide bonds. The molecule has 138 valence electrons. The molecule has 2 aliphatic rings. The van der Waals surface area contributed by atoms with E-state index in [4.69, 9.17) is 11.6 Å². The van der Waals surface area contributed by atoms with Crippen molar-refractivity contribution in [3.63, 3.8) is 0 Å². The first-order valence-electron chi connectivity index (χ1n) is 8.74. The third-order valence-corrected chi connectivity index (χ3v) is 6.98. The lowest BCUT2D eigenvalue weighted by atomic mass is 9.92. The van der Waals surface area contributed by atoms with Crippen LogP contribution in [-0.4, -0.2) is 58.9 Å². The lowest BCUT2D eigenvalue weighted by Gasteiger charge is -2.41. The molecule has 1 spiro atoms. The van der Waals surface area contributed by atoms with Gasteiger partial charge in [0.15, 0.2) is 0 Å². The SMILES string of the molecule is CC(C)CNC(=O)C1CSC2(CCN(C(=O)C(C)(C)CCl)CC2)N1. The number of hydrogen-bond donors (Lipinski definition) is 2. The number of amides is 2. The van der Waals surface area contributed by atoms with Crippen molar-refractivity contribution in [1.82, 2.24) is 15.5 Å². The molecule has 7 heteroatoms. The highest BCUT2D eigenvalue weighted by Gasteiger charge is 2.45. The molecular formula is C17H30ClN3O2S. The second kappa shape index (κ2) is 7.83. The van der Waals surface area contributed by atoms with Crippen molar-refractivity contribution in [1.29, 1.82) is 0 Å². The Hall–Kier alpha value is -0.460. The first kappa shape index (κ1) is 19.9. The van der Waals surface area contributed by atoms with Gasteiger partial charge >= 0.3 is 0 Å². The first-order chi connectivity index (χ1) is 11.2. The smallest absolute Gasteiger partial charge is 0.238 e. The van der Waals surface area contributed by atoms with E-state index in [0.717, 1.165) is 31.7 Å². The fourth-order valence-electron chi connectivity index (χ4n) is 3.06. The predicted molar refractivity (Wildman–Crippen MR) is 100 cm³/mol. The van der Waals surface area contributed by atoms with Crippen LogP contribution < -0.4 is 10.6 Å². The number of carbonyl (C=O) groups is 2. The van der Waals surface area contributed by atoms with E-state index in [1.807, 2.05) is 30.5 Å². The molecule has 0 aromatic heterocycles. The monoisotopic (exact) mass is 375 g/mol. The van der Waals surface area contributed by atoms with Gasteiger partial charge in [0.05, 0.1) is 16.3 Å². The molecule has 5 nitrogen and oxygen atoms in total. The Kier molecular flexibility index (Phi) is 6.48. The second-order valence-corrected chi connectivity index (χ2v) is 9.62.